The van der Waals surface area contributed by atoms with Crippen molar-refractivity contribution in [2.75, 3.05) is 19.0 Å². The van der Waals surface area contributed by atoms with Crippen LogP contribution in [0.4, 0.5) is 0 Å². The second-order valence-corrected chi connectivity index (χ2v) is 6.78. The van der Waals surface area contributed by atoms with Gasteiger partial charge in [0.2, 0.25) is 0 Å². The van der Waals surface area contributed by atoms with E-state index in [4.69, 9.17) is 16.3 Å². The molecule has 2 rings (SSSR count). The maximum atomic E-state index is 12.1. The Kier molecular flexibility index (Phi) is 5.01. The highest BCUT2D eigenvalue weighted by Gasteiger charge is 2.42. The van der Waals surface area contributed by atoms with Crippen molar-refractivity contribution >= 4 is 22.6 Å². The third-order valence-electron chi connectivity index (χ3n) is 3.39. The normalized spacial score (nSPS) is 18.9. The number of halogens is 1. The van der Waals surface area contributed by atoms with Crippen molar-refractivity contribution in [1.82, 2.24) is 4.72 Å². The van der Waals surface area contributed by atoms with Gasteiger partial charge in [-0.15, -0.1) is 0 Å². The molecule has 1 unspecified atom stereocenters. The van der Waals surface area contributed by atoms with Gasteiger partial charge in [-0.25, -0.2) is 8.93 Å². The quantitative estimate of drug-likeness (QED) is 0.877. The lowest BCUT2D eigenvalue weighted by molar-refractivity contribution is -0.0660. The van der Waals surface area contributed by atoms with Crippen molar-refractivity contribution in [1.29, 1.82) is 0 Å². The summed E-state index contributed by atoms with van der Waals surface area (Å²) in [6.07, 6.45) is 2.02. The summed E-state index contributed by atoms with van der Waals surface area (Å²) in [4.78, 5) is 0. The third-order valence-corrected chi connectivity index (χ3v) is 4.91. The molecule has 0 aromatic heterocycles. The number of benzene rings is 1. The van der Waals surface area contributed by atoms with E-state index in [1.54, 1.807) is 0 Å². The Labute approximate surface area is 122 Å². The molecule has 1 atom stereocenters. The molecule has 0 saturated carbocycles. The molecule has 1 heterocycles. The van der Waals surface area contributed by atoms with Crippen LogP contribution in [0, 0.1) is 6.92 Å². The Bertz CT molecular complexity index is 475. The van der Waals surface area contributed by atoms with Crippen LogP contribution in [0.2, 0.25) is 5.02 Å². The molecular formula is C14H20ClNO2S. The Morgan fingerprint density at radius 2 is 2.21 bits per heavy atom. The number of unbranched alkanes of at least 4 members (excludes halogenated alkanes) is 1. The molecule has 1 aromatic rings. The number of rotatable bonds is 6. The topological polar surface area (TPSA) is 38.3 Å². The van der Waals surface area contributed by atoms with E-state index in [9.17, 15) is 4.21 Å². The summed E-state index contributed by atoms with van der Waals surface area (Å²) in [6.45, 7) is 5.25. The minimum absolute atomic E-state index is 0.312. The molecule has 5 heteroatoms. The van der Waals surface area contributed by atoms with Crippen LogP contribution in [-0.4, -0.2) is 23.2 Å². The van der Waals surface area contributed by atoms with Crippen LogP contribution in [0.5, 0.6) is 0 Å². The maximum Gasteiger partial charge on any atom is 0.102 e. The molecule has 1 aliphatic rings. The van der Waals surface area contributed by atoms with Crippen LogP contribution in [0.3, 0.4) is 0 Å². The van der Waals surface area contributed by atoms with Crippen LogP contribution >= 0.6 is 11.6 Å². The fourth-order valence-corrected chi connectivity index (χ4v) is 3.83. The van der Waals surface area contributed by atoms with Gasteiger partial charge >= 0.3 is 0 Å². The smallest absolute Gasteiger partial charge is 0.102 e. The van der Waals surface area contributed by atoms with E-state index in [0.717, 1.165) is 29.0 Å². The van der Waals surface area contributed by atoms with E-state index in [1.807, 2.05) is 25.1 Å². The minimum atomic E-state index is -1.02. The van der Waals surface area contributed by atoms with Crippen LogP contribution in [-0.2, 0) is 21.3 Å². The second kappa shape index (κ2) is 6.35. The van der Waals surface area contributed by atoms with Gasteiger partial charge in [-0.3, -0.25) is 0 Å². The number of ether oxygens (including phenoxy) is 1. The van der Waals surface area contributed by atoms with Gasteiger partial charge in [-0.1, -0.05) is 31.0 Å². The van der Waals surface area contributed by atoms with Crippen molar-refractivity contribution < 1.29 is 8.95 Å². The summed E-state index contributed by atoms with van der Waals surface area (Å²) in [7, 11) is -1.02. The van der Waals surface area contributed by atoms with Crippen LogP contribution in [0.25, 0.3) is 0 Å². The molecule has 1 N–H and O–H groups in total. The van der Waals surface area contributed by atoms with E-state index in [-0.39, 0.29) is 5.54 Å². The SMILES string of the molecule is CCCCS(=O)NC1(c2ccc(Cl)cc2C)COC1. The van der Waals surface area contributed by atoms with Crippen molar-refractivity contribution in [3.8, 4) is 0 Å². The van der Waals surface area contributed by atoms with Gasteiger partial charge in [0.15, 0.2) is 0 Å². The molecule has 0 bridgehead atoms. The Morgan fingerprint density at radius 1 is 1.47 bits per heavy atom. The Hall–Kier alpha value is -0.420. The highest BCUT2D eigenvalue weighted by molar-refractivity contribution is 7.83. The fourth-order valence-electron chi connectivity index (χ4n) is 2.28. The third kappa shape index (κ3) is 3.37. The number of nitrogens with one attached hydrogen (secondary N) is 1. The Morgan fingerprint density at radius 3 is 2.74 bits per heavy atom. The second-order valence-electron chi connectivity index (χ2n) is 5.04. The number of hydrogen-bond donors (Lipinski definition) is 1. The average Bonchev–Trinajstić information content (AvgIpc) is 2.32. The summed E-state index contributed by atoms with van der Waals surface area (Å²) in [5.41, 5.74) is 1.93. The monoisotopic (exact) mass is 301 g/mol. The van der Waals surface area contributed by atoms with E-state index < -0.39 is 11.0 Å². The summed E-state index contributed by atoms with van der Waals surface area (Å²) >= 11 is 5.99. The van der Waals surface area contributed by atoms with Crippen LogP contribution in [0.15, 0.2) is 18.2 Å². The highest BCUT2D eigenvalue weighted by atomic mass is 35.5. The number of aryl methyl sites for hydroxylation is 1. The zero-order valence-corrected chi connectivity index (χ0v) is 12.9. The van der Waals surface area contributed by atoms with Gasteiger partial charge in [-0.05, 0) is 36.6 Å². The molecule has 1 aromatic carbocycles. The molecule has 0 amide bonds. The molecule has 0 spiro atoms. The molecule has 0 aliphatic carbocycles. The standard InChI is InChI=1S/C14H20ClNO2S/c1-3-4-7-19(17)16-14(9-18-10-14)13-6-5-12(15)8-11(13)2/h5-6,8,16H,3-4,7,9-10H2,1-2H3. The zero-order chi connectivity index (χ0) is 13.9. The summed E-state index contributed by atoms with van der Waals surface area (Å²) in [5.74, 6) is 0.685. The minimum Gasteiger partial charge on any atom is -0.377 e. The van der Waals surface area contributed by atoms with Crippen molar-refractivity contribution in [3.63, 3.8) is 0 Å². The van der Waals surface area contributed by atoms with Gasteiger partial charge in [0.1, 0.15) is 5.54 Å². The van der Waals surface area contributed by atoms with Crippen molar-refractivity contribution in [3.05, 3.63) is 34.3 Å². The van der Waals surface area contributed by atoms with Gasteiger partial charge < -0.3 is 4.74 Å². The van der Waals surface area contributed by atoms with Crippen LogP contribution < -0.4 is 4.72 Å². The molecule has 1 aliphatic heterocycles. The van der Waals surface area contributed by atoms with E-state index >= 15 is 0 Å². The van der Waals surface area contributed by atoms with E-state index in [0.29, 0.717) is 19.0 Å². The molecule has 106 valence electrons. The van der Waals surface area contributed by atoms with E-state index in [1.165, 1.54) is 0 Å². The van der Waals surface area contributed by atoms with Gasteiger partial charge in [0.05, 0.1) is 24.2 Å². The molecule has 1 saturated heterocycles. The first-order valence-corrected chi connectivity index (χ1v) is 8.27. The van der Waals surface area contributed by atoms with Gasteiger partial charge in [-0.2, -0.15) is 0 Å². The first-order valence-electron chi connectivity index (χ1n) is 6.58. The first kappa shape index (κ1) is 15.0. The molecule has 19 heavy (non-hydrogen) atoms. The highest BCUT2D eigenvalue weighted by Crippen LogP contribution is 2.33. The lowest BCUT2D eigenvalue weighted by Gasteiger charge is -2.43. The van der Waals surface area contributed by atoms with Gasteiger partial charge in [0.25, 0.3) is 0 Å². The summed E-state index contributed by atoms with van der Waals surface area (Å²) < 4.78 is 20.7. The Balaban J connectivity index is 2.16. The molecule has 1 fully saturated rings. The largest absolute Gasteiger partial charge is 0.377 e. The molecule has 0 radical (unpaired) electrons. The molecular weight excluding hydrogens is 282 g/mol. The predicted octanol–water partition coefficient (Wildman–Crippen LogP) is 2.93. The van der Waals surface area contributed by atoms with Crippen LogP contribution in [0.1, 0.15) is 30.9 Å². The van der Waals surface area contributed by atoms with Crippen molar-refractivity contribution in [2.45, 2.75) is 32.2 Å². The summed E-state index contributed by atoms with van der Waals surface area (Å²) in [5, 5.41) is 0.726. The van der Waals surface area contributed by atoms with Crippen molar-refractivity contribution in [2.24, 2.45) is 0 Å². The lowest BCUT2D eigenvalue weighted by Crippen LogP contribution is -2.58. The van der Waals surface area contributed by atoms with E-state index in [2.05, 4.69) is 11.6 Å². The molecule has 3 nitrogen and oxygen atoms in total. The first-order chi connectivity index (χ1) is 9.07. The maximum absolute atomic E-state index is 12.1. The average molecular weight is 302 g/mol. The lowest BCUT2D eigenvalue weighted by atomic mass is 9.86. The fraction of sp³-hybridized carbons (Fsp3) is 0.571. The number of hydrogen-bond acceptors (Lipinski definition) is 2. The van der Waals surface area contributed by atoms with Gasteiger partial charge in [0, 0.05) is 10.8 Å². The predicted molar refractivity (Wildman–Crippen MR) is 79.7 cm³/mol. The summed E-state index contributed by atoms with van der Waals surface area (Å²) in [6, 6.07) is 5.82. The zero-order valence-electron chi connectivity index (χ0n) is 11.4.